The Kier molecular flexibility index (Phi) is 6.42. The Morgan fingerprint density at radius 3 is 2.61 bits per heavy atom. The molecule has 3 aromatic rings. The van der Waals surface area contributed by atoms with Crippen LogP contribution in [0.15, 0.2) is 28.8 Å². The van der Waals surface area contributed by atoms with Crippen molar-refractivity contribution in [1.29, 1.82) is 0 Å². The summed E-state index contributed by atoms with van der Waals surface area (Å²) in [5.41, 5.74) is -1.46. The Labute approximate surface area is 172 Å². The molecule has 31 heavy (non-hydrogen) atoms. The number of nitrogens with one attached hydrogen (secondary N) is 1. The Morgan fingerprint density at radius 2 is 1.97 bits per heavy atom. The first kappa shape index (κ1) is 22.1. The fourth-order valence-corrected chi connectivity index (χ4v) is 2.71. The number of hydrogen-bond donors (Lipinski definition) is 1. The molecule has 0 aromatic carbocycles. The quantitative estimate of drug-likeness (QED) is 0.422. The standard InChI is InChI=1S/C18H17F4N5O4/c1-3-30-18(29)10-7-23-26(2)16(10)24-17(28)13-5-4-9(31-13)8-27-12(15(21)22)6-11(25-27)14(19)20/h4-7,14-15H,3,8H2,1-2H3,(H,24,28). The van der Waals surface area contributed by atoms with Crippen molar-refractivity contribution in [2.75, 3.05) is 11.9 Å². The van der Waals surface area contributed by atoms with Crippen LogP contribution in [0.4, 0.5) is 23.4 Å². The maximum absolute atomic E-state index is 13.1. The molecule has 3 rings (SSSR count). The number of esters is 1. The lowest BCUT2D eigenvalue weighted by atomic mass is 10.3. The normalized spacial score (nSPS) is 11.4. The molecular formula is C18H17F4N5O4. The molecule has 1 amide bonds. The van der Waals surface area contributed by atoms with Crippen molar-refractivity contribution >= 4 is 17.7 Å². The summed E-state index contributed by atoms with van der Waals surface area (Å²) in [7, 11) is 1.50. The number of furan rings is 1. The molecule has 0 fully saturated rings. The van der Waals surface area contributed by atoms with Crippen molar-refractivity contribution in [3.63, 3.8) is 0 Å². The molecule has 0 radical (unpaired) electrons. The van der Waals surface area contributed by atoms with Crippen molar-refractivity contribution in [3.05, 3.63) is 52.9 Å². The van der Waals surface area contributed by atoms with Crippen molar-refractivity contribution < 1.29 is 36.3 Å². The van der Waals surface area contributed by atoms with E-state index in [0.717, 1.165) is 0 Å². The minimum atomic E-state index is -3.02. The molecular weight excluding hydrogens is 426 g/mol. The number of anilines is 1. The fourth-order valence-electron chi connectivity index (χ4n) is 2.71. The van der Waals surface area contributed by atoms with E-state index in [1.54, 1.807) is 6.92 Å². The molecule has 0 spiro atoms. The second kappa shape index (κ2) is 9.02. The number of halogens is 4. The summed E-state index contributed by atoms with van der Waals surface area (Å²) in [6.45, 7) is 1.36. The summed E-state index contributed by atoms with van der Waals surface area (Å²) in [6.07, 6.45) is -4.81. The van der Waals surface area contributed by atoms with E-state index in [1.165, 1.54) is 30.1 Å². The highest BCUT2D eigenvalue weighted by molar-refractivity contribution is 6.05. The van der Waals surface area contributed by atoms with Gasteiger partial charge in [-0.25, -0.2) is 22.4 Å². The van der Waals surface area contributed by atoms with Gasteiger partial charge in [0, 0.05) is 7.05 Å². The number of alkyl halides is 4. The molecule has 0 aliphatic carbocycles. The van der Waals surface area contributed by atoms with Crippen molar-refractivity contribution in [1.82, 2.24) is 19.6 Å². The first-order valence-electron chi connectivity index (χ1n) is 8.94. The van der Waals surface area contributed by atoms with E-state index in [2.05, 4.69) is 15.5 Å². The number of carbonyl (C=O) groups is 2. The highest BCUT2D eigenvalue weighted by atomic mass is 19.3. The number of hydrogen-bond acceptors (Lipinski definition) is 6. The predicted octanol–water partition coefficient (Wildman–Crippen LogP) is 3.56. The zero-order valence-corrected chi connectivity index (χ0v) is 16.3. The largest absolute Gasteiger partial charge is 0.462 e. The molecule has 0 bridgehead atoms. The summed E-state index contributed by atoms with van der Waals surface area (Å²) in [5.74, 6) is -1.53. The topological polar surface area (TPSA) is 104 Å². The zero-order valence-electron chi connectivity index (χ0n) is 16.3. The van der Waals surface area contributed by atoms with Gasteiger partial charge >= 0.3 is 5.97 Å². The predicted molar refractivity (Wildman–Crippen MR) is 97.1 cm³/mol. The molecule has 0 aliphatic heterocycles. The van der Waals surface area contributed by atoms with Crippen LogP contribution in [-0.4, -0.2) is 38.0 Å². The molecule has 166 valence electrons. The van der Waals surface area contributed by atoms with Gasteiger partial charge in [0.1, 0.15) is 28.5 Å². The maximum Gasteiger partial charge on any atom is 0.343 e. The molecule has 3 heterocycles. The molecule has 0 saturated heterocycles. The summed E-state index contributed by atoms with van der Waals surface area (Å²) in [5, 5.41) is 9.83. The Balaban J connectivity index is 1.77. The van der Waals surface area contributed by atoms with Crippen LogP contribution in [0, 0.1) is 0 Å². The van der Waals surface area contributed by atoms with Crippen molar-refractivity contribution in [3.8, 4) is 0 Å². The van der Waals surface area contributed by atoms with Crippen LogP contribution >= 0.6 is 0 Å². The summed E-state index contributed by atoms with van der Waals surface area (Å²) < 4.78 is 63.9. The minimum Gasteiger partial charge on any atom is -0.462 e. The average Bonchev–Trinajstić information content (AvgIpc) is 3.42. The van der Waals surface area contributed by atoms with E-state index in [1.807, 2.05) is 0 Å². The van der Waals surface area contributed by atoms with Gasteiger partial charge in [-0.2, -0.15) is 10.2 Å². The number of carbonyl (C=O) groups excluding carboxylic acids is 2. The van der Waals surface area contributed by atoms with Crippen molar-refractivity contribution in [2.24, 2.45) is 7.05 Å². The lowest BCUT2D eigenvalue weighted by molar-refractivity contribution is 0.0527. The molecule has 3 aromatic heterocycles. The Hall–Kier alpha value is -3.64. The van der Waals surface area contributed by atoms with Crippen LogP contribution in [0.3, 0.4) is 0 Å². The van der Waals surface area contributed by atoms with E-state index in [-0.39, 0.29) is 36.1 Å². The molecule has 0 saturated carbocycles. The summed E-state index contributed by atoms with van der Waals surface area (Å²) >= 11 is 0. The third-order valence-electron chi connectivity index (χ3n) is 4.13. The number of rotatable bonds is 8. The van der Waals surface area contributed by atoms with Gasteiger partial charge in [0.2, 0.25) is 0 Å². The van der Waals surface area contributed by atoms with Gasteiger partial charge in [-0.3, -0.25) is 14.2 Å². The minimum absolute atomic E-state index is 0.0297. The number of aromatic nitrogens is 4. The van der Waals surface area contributed by atoms with Gasteiger partial charge in [0.15, 0.2) is 5.76 Å². The third-order valence-corrected chi connectivity index (χ3v) is 4.13. The van der Waals surface area contributed by atoms with Crippen LogP contribution in [0.2, 0.25) is 0 Å². The van der Waals surface area contributed by atoms with E-state index in [9.17, 15) is 27.2 Å². The number of ether oxygens (including phenoxy) is 1. The fraction of sp³-hybridized carbons (Fsp3) is 0.333. The SMILES string of the molecule is CCOC(=O)c1cnn(C)c1NC(=O)c1ccc(Cn2nc(C(F)F)cc2C(F)F)o1. The van der Waals surface area contributed by atoms with E-state index < -0.39 is 36.1 Å². The second-order valence-electron chi connectivity index (χ2n) is 6.22. The number of amides is 1. The van der Waals surface area contributed by atoms with Gasteiger partial charge in [-0.1, -0.05) is 0 Å². The van der Waals surface area contributed by atoms with Crippen LogP contribution in [-0.2, 0) is 18.3 Å². The smallest absolute Gasteiger partial charge is 0.343 e. The molecule has 0 aliphatic rings. The van der Waals surface area contributed by atoms with E-state index in [0.29, 0.717) is 10.7 Å². The highest BCUT2D eigenvalue weighted by Crippen LogP contribution is 2.26. The van der Waals surface area contributed by atoms with E-state index >= 15 is 0 Å². The van der Waals surface area contributed by atoms with Crippen LogP contribution < -0.4 is 5.32 Å². The number of aryl methyl sites for hydroxylation is 1. The number of nitrogens with zero attached hydrogens (tertiary/aromatic N) is 4. The first-order valence-corrected chi connectivity index (χ1v) is 8.94. The van der Waals surface area contributed by atoms with Crippen molar-refractivity contribution in [2.45, 2.75) is 26.3 Å². The van der Waals surface area contributed by atoms with Gasteiger partial charge in [0.25, 0.3) is 18.8 Å². The Morgan fingerprint density at radius 1 is 1.23 bits per heavy atom. The van der Waals surface area contributed by atoms with Gasteiger partial charge in [0.05, 0.1) is 19.3 Å². The highest BCUT2D eigenvalue weighted by Gasteiger charge is 2.23. The molecule has 13 heteroatoms. The third kappa shape index (κ3) is 4.75. The van der Waals surface area contributed by atoms with Gasteiger partial charge in [-0.15, -0.1) is 0 Å². The van der Waals surface area contributed by atoms with Crippen LogP contribution in [0.25, 0.3) is 0 Å². The van der Waals surface area contributed by atoms with E-state index in [4.69, 9.17) is 9.15 Å². The lowest BCUT2D eigenvalue weighted by Gasteiger charge is -2.07. The lowest BCUT2D eigenvalue weighted by Crippen LogP contribution is -2.17. The van der Waals surface area contributed by atoms with Crippen LogP contribution in [0.1, 0.15) is 57.8 Å². The molecule has 1 N–H and O–H groups in total. The first-order chi connectivity index (χ1) is 14.7. The Bertz CT molecular complexity index is 1090. The van der Waals surface area contributed by atoms with Gasteiger partial charge < -0.3 is 14.5 Å². The molecule has 0 unspecified atom stereocenters. The summed E-state index contributed by atoms with van der Waals surface area (Å²) in [4.78, 5) is 24.5. The zero-order chi connectivity index (χ0) is 22.7. The maximum atomic E-state index is 13.1. The average molecular weight is 443 g/mol. The monoisotopic (exact) mass is 443 g/mol. The van der Waals surface area contributed by atoms with Crippen LogP contribution in [0.5, 0.6) is 0 Å². The second-order valence-corrected chi connectivity index (χ2v) is 6.22. The molecule has 0 atom stereocenters. The van der Waals surface area contributed by atoms with Gasteiger partial charge in [-0.05, 0) is 25.1 Å². The molecule has 9 nitrogen and oxygen atoms in total. The summed E-state index contributed by atoms with van der Waals surface area (Å²) in [6, 6.07) is 3.21.